The number of methoxy groups -OCH3 is 1. The van der Waals surface area contributed by atoms with E-state index in [1.807, 2.05) is 18.2 Å². The molecule has 1 N–H and O–H groups in total. The number of hydrogen-bond donors (Lipinski definition) is 1. The molecule has 0 aliphatic rings. The largest absolute Gasteiger partial charge is 0.493 e. The van der Waals surface area contributed by atoms with Gasteiger partial charge in [0.2, 0.25) is 5.89 Å². The van der Waals surface area contributed by atoms with Crippen molar-refractivity contribution in [2.24, 2.45) is 0 Å². The van der Waals surface area contributed by atoms with E-state index >= 15 is 0 Å². The Morgan fingerprint density at radius 3 is 2.81 bits per heavy atom. The van der Waals surface area contributed by atoms with Crippen LogP contribution in [-0.2, 0) is 12.8 Å². The fourth-order valence-electron chi connectivity index (χ4n) is 1.93. The van der Waals surface area contributed by atoms with Crippen LogP contribution in [0.25, 0.3) is 0 Å². The average molecular weight is 292 g/mol. The van der Waals surface area contributed by atoms with Crippen LogP contribution in [0, 0.1) is 0 Å². The number of ether oxygens (including phenoxy) is 2. The van der Waals surface area contributed by atoms with E-state index in [4.69, 9.17) is 13.9 Å². The molecule has 2 rings (SSSR count). The molecule has 6 heteroatoms. The molecule has 0 radical (unpaired) electrons. The number of aromatic amines is 1. The summed E-state index contributed by atoms with van der Waals surface area (Å²) in [5, 5.41) is 6.04. The molecular formula is C15H20N2O4. The lowest BCUT2D eigenvalue weighted by atomic mass is 10.1. The molecule has 0 saturated carbocycles. The molecule has 114 valence electrons. The van der Waals surface area contributed by atoms with Gasteiger partial charge in [-0.1, -0.05) is 19.4 Å². The number of unbranched alkanes of at least 4 members (excludes halogenated alkanes) is 1. The van der Waals surface area contributed by atoms with Crippen LogP contribution in [0.4, 0.5) is 0 Å². The molecule has 0 amide bonds. The van der Waals surface area contributed by atoms with Crippen molar-refractivity contribution < 1.29 is 13.9 Å². The van der Waals surface area contributed by atoms with Gasteiger partial charge < -0.3 is 13.9 Å². The normalized spacial score (nSPS) is 10.6. The van der Waals surface area contributed by atoms with Crippen LogP contribution in [0.5, 0.6) is 11.5 Å². The number of hydrogen-bond acceptors (Lipinski definition) is 5. The van der Waals surface area contributed by atoms with Crippen molar-refractivity contribution in [2.75, 3.05) is 13.7 Å². The van der Waals surface area contributed by atoms with Crippen molar-refractivity contribution >= 4 is 0 Å². The third-order valence-corrected chi connectivity index (χ3v) is 3.09. The van der Waals surface area contributed by atoms with Gasteiger partial charge >= 0.3 is 5.76 Å². The minimum atomic E-state index is -0.525. The van der Waals surface area contributed by atoms with Crippen molar-refractivity contribution in [2.45, 2.75) is 32.6 Å². The summed E-state index contributed by atoms with van der Waals surface area (Å²) in [6.45, 7) is 2.79. The summed E-state index contributed by atoms with van der Waals surface area (Å²) in [5.41, 5.74) is 1.08. The number of H-pyrrole nitrogens is 1. The number of nitrogens with zero attached hydrogens (tertiary/aromatic N) is 1. The molecule has 2 aromatic rings. The number of aryl methyl sites for hydroxylation is 2. The van der Waals surface area contributed by atoms with Crippen molar-refractivity contribution in [3.63, 3.8) is 0 Å². The smallest absolute Gasteiger partial charge is 0.434 e. The second kappa shape index (κ2) is 7.52. The molecule has 0 saturated heterocycles. The first-order chi connectivity index (χ1) is 10.2. The van der Waals surface area contributed by atoms with Crippen LogP contribution >= 0.6 is 0 Å². The van der Waals surface area contributed by atoms with Crippen molar-refractivity contribution in [3.8, 4) is 11.5 Å². The first-order valence-corrected chi connectivity index (χ1v) is 7.07. The molecule has 0 bridgehead atoms. The molecule has 0 aliphatic heterocycles. The molecule has 0 atom stereocenters. The van der Waals surface area contributed by atoms with E-state index in [2.05, 4.69) is 17.1 Å². The third-order valence-electron chi connectivity index (χ3n) is 3.09. The zero-order chi connectivity index (χ0) is 15.1. The molecule has 1 heterocycles. The van der Waals surface area contributed by atoms with Crippen molar-refractivity contribution in [3.05, 3.63) is 40.2 Å². The minimum Gasteiger partial charge on any atom is -0.493 e. The first kappa shape index (κ1) is 15.2. The van der Waals surface area contributed by atoms with Crippen LogP contribution in [0.1, 0.15) is 31.2 Å². The van der Waals surface area contributed by atoms with E-state index in [1.165, 1.54) is 0 Å². The van der Waals surface area contributed by atoms with E-state index in [-0.39, 0.29) is 0 Å². The van der Waals surface area contributed by atoms with Crippen molar-refractivity contribution in [1.29, 1.82) is 0 Å². The maximum absolute atomic E-state index is 10.9. The number of benzene rings is 1. The van der Waals surface area contributed by atoms with Crippen LogP contribution in [0.15, 0.2) is 27.4 Å². The van der Waals surface area contributed by atoms with E-state index < -0.39 is 5.76 Å². The Morgan fingerprint density at radius 2 is 2.14 bits per heavy atom. The quantitative estimate of drug-likeness (QED) is 0.756. The molecule has 6 nitrogen and oxygen atoms in total. The maximum atomic E-state index is 10.9. The summed E-state index contributed by atoms with van der Waals surface area (Å²) in [4.78, 5) is 10.9. The summed E-state index contributed by atoms with van der Waals surface area (Å²) in [6.07, 6.45) is 3.35. The summed E-state index contributed by atoms with van der Waals surface area (Å²) in [5.74, 6) is 1.35. The van der Waals surface area contributed by atoms with Crippen LogP contribution in [-0.4, -0.2) is 23.9 Å². The third kappa shape index (κ3) is 4.37. The van der Waals surface area contributed by atoms with E-state index in [0.717, 1.165) is 29.9 Å². The molecule has 21 heavy (non-hydrogen) atoms. The van der Waals surface area contributed by atoms with Crippen LogP contribution in [0.2, 0.25) is 0 Å². The predicted octanol–water partition coefficient (Wildman–Crippen LogP) is 2.34. The highest BCUT2D eigenvalue weighted by Crippen LogP contribution is 2.28. The predicted molar refractivity (Wildman–Crippen MR) is 77.9 cm³/mol. The Hall–Kier alpha value is -2.24. The van der Waals surface area contributed by atoms with Gasteiger partial charge in [-0.15, -0.1) is 5.10 Å². The number of aromatic nitrogens is 2. The van der Waals surface area contributed by atoms with Crippen LogP contribution < -0.4 is 15.2 Å². The van der Waals surface area contributed by atoms with E-state index in [9.17, 15) is 4.79 Å². The zero-order valence-electron chi connectivity index (χ0n) is 12.3. The Morgan fingerprint density at radius 1 is 1.29 bits per heavy atom. The standard InChI is InChI=1S/C15H20N2O4/c1-3-4-9-20-13-10-11(5-7-12(13)19-2)6-8-14-16-17-15(18)21-14/h5,7,10H,3-4,6,8-9H2,1-2H3,(H,17,18). The summed E-state index contributed by atoms with van der Waals surface area (Å²) in [7, 11) is 1.63. The van der Waals surface area contributed by atoms with Gasteiger partial charge in [-0.2, -0.15) is 0 Å². The first-order valence-electron chi connectivity index (χ1n) is 7.07. The summed E-state index contributed by atoms with van der Waals surface area (Å²) < 4.78 is 15.9. The summed E-state index contributed by atoms with van der Waals surface area (Å²) >= 11 is 0. The second-order valence-electron chi connectivity index (χ2n) is 4.69. The topological polar surface area (TPSA) is 77.4 Å². The van der Waals surface area contributed by atoms with E-state index in [1.54, 1.807) is 7.11 Å². The number of nitrogens with one attached hydrogen (secondary N) is 1. The number of rotatable bonds is 8. The highest BCUT2D eigenvalue weighted by atomic mass is 16.5. The van der Waals surface area contributed by atoms with Gasteiger partial charge in [0.15, 0.2) is 11.5 Å². The maximum Gasteiger partial charge on any atom is 0.434 e. The Balaban J connectivity index is 2.02. The molecule has 0 fully saturated rings. The molecule has 1 aromatic heterocycles. The second-order valence-corrected chi connectivity index (χ2v) is 4.69. The van der Waals surface area contributed by atoms with Gasteiger partial charge in [-0.3, -0.25) is 0 Å². The minimum absolute atomic E-state index is 0.407. The van der Waals surface area contributed by atoms with Gasteiger partial charge in [-0.05, 0) is 30.5 Å². The fraction of sp³-hybridized carbons (Fsp3) is 0.467. The molecule has 0 spiro atoms. The zero-order valence-corrected chi connectivity index (χ0v) is 12.3. The molecule has 0 unspecified atom stereocenters. The monoisotopic (exact) mass is 292 g/mol. The van der Waals surface area contributed by atoms with Gasteiger partial charge in [0.05, 0.1) is 13.7 Å². The highest BCUT2D eigenvalue weighted by Gasteiger charge is 2.08. The SMILES string of the molecule is CCCCOc1cc(CCc2n[nH]c(=O)o2)ccc1OC. The van der Waals surface area contributed by atoms with Crippen molar-refractivity contribution in [1.82, 2.24) is 10.2 Å². The summed E-state index contributed by atoms with van der Waals surface area (Å²) in [6, 6.07) is 5.81. The highest BCUT2D eigenvalue weighted by molar-refractivity contribution is 5.43. The van der Waals surface area contributed by atoms with Gasteiger partial charge in [0.1, 0.15) is 0 Å². The Bertz CT molecular complexity index is 618. The molecule has 1 aromatic carbocycles. The lowest BCUT2D eigenvalue weighted by molar-refractivity contribution is 0.288. The van der Waals surface area contributed by atoms with Gasteiger partial charge in [0.25, 0.3) is 0 Å². The van der Waals surface area contributed by atoms with Gasteiger partial charge in [-0.25, -0.2) is 9.89 Å². The average Bonchev–Trinajstić information content (AvgIpc) is 2.91. The molecule has 0 aliphatic carbocycles. The Labute approximate surface area is 123 Å². The molecular weight excluding hydrogens is 272 g/mol. The van der Waals surface area contributed by atoms with Gasteiger partial charge in [0, 0.05) is 6.42 Å². The Kier molecular flexibility index (Phi) is 5.43. The fourth-order valence-corrected chi connectivity index (χ4v) is 1.93. The lowest BCUT2D eigenvalue weighted by Gasteiger charge is -2.11. The van der Waals surface area contributed by atoms with Crippen LogP contribution in [0.3, 0.4) is 0 Å². The lowest BCUT2D eigenvalue weighted by Crippen LogP contribution is -2.00. The van der Waals surface area contributed by atoms with E-state index in [0.29, 0.717) is 25.3 Å².